The number of alkyl halides is 1. The third kappa shape index (κ3) is 2.24. The summed E-state index contributed by atoms with van der Waals surface area (Å²) < 4.78 is 15.9. The van der Waals surface area contributed by atoms with Crippen molar-refractivity contribution in [3.05, 3.63) is 29.8 Å². The van der Waals surface area contributed by atoms with Crippen LogP contribution in [0.25, 0.3) is 11.0 Å². The molecular weight excluding hydrogens is 251 g/mol. The van der Waals surface area contributed by atoms with E-state index < -0.39 is 0 Å². The first-order valence-corrected chi connectivity index (χ1v) is 6.81. The van der Waals surface area contributed by atoms with Crippen LogP contribution in [0, 0.1) is 11.7 Å². The molecule has 1 atom stereocenters. The van der Waals surface area contributed by atoms with Crippen molar-refractivity contribution in [2.75, 3.05) is 5.88 Å². The van der Waals surface area contributed by atoms with E-state index in [1.54, 1.807) is 6.07 Å². The normalized spacial score (nSPS) is 13.4. The van der Waals surface area contributed by atoms with E-state index in [4.69, 9.17) is 11.6 Å². The highest BCUT2D eigenvalue weighted by molar-refractivity contribution is 6.17. The maximum atomic E-state index is 13.8. The van der Waals surface area contributed by atoms with Gasteiger partial charge in [0.15, 0.2) is 5.82 Å². The Bertz CT molecular complexity index is 548. The van der Waals surface area contributed by atoms with Gasteiger partial charge in [-0.1, -0.05) is 19.9 Å². The molecule has 18 heavy (non-hydrogen) atoms. The number of hydrogen-bond acceptors (Lipinski definition) is 1. The molecule has 1 aromatic heterocycles. The van der Waals surface area contributed by atoms with Crippen LogP contribution in [0.2, 0.25) is 0 Å². The van der Waals surface area contributed by atoms with E-state index in [-0.39, 0.29) is 11.9 Å². The van der Waals surface area contributed by atoms with Gasteiger partial charge < -0.3 is 4.57 Å². The van der Waals surface area contributed by atoms with Crippen LogP contribution in [-0.2, 0) is 6.42 Å². The largest absolute Gasteiger partial charge is 0.325 e. The Kier molecular flexibility index (Phi) is 3.91. The van der Waals surface area contributed by atoms with Crippen LogP contribution in [0.5, 0.6) is 0 Å². The van der Waals surface area contributed by atoms with Crippen LogP contribution < -0.4 is 0 Å². The first kappa shape index (κ1) is 13.3. The predicted octanol–water partition coefficient (Wildman–Crippen LogP) is 4.17. The van der Waals surface area contributed by atoms with E-state index >= 15 is 0 Å². The molecule has 2 nitrogen and oxygen atoms in total. The molecule has 0 saturated heterocycles. The van der Waals surface area contributed by atoms with E-state index in [0.717, 1.165) is 11.3 Å². The van der Waals surface area contributed by atoms with Gasteiger partial charge in [0.2, 0.25) is 0 Å². The van der Waals surface area contributed by atoms with Gasteiger partial charge in [0, 0.05) is 18.3 Å². The fourth-order valence-electron chi connectivity index (χ4n) is 2.14. The number of fused-ring (bicyclic) bond motifs is 1. The number of nitrogens with zero attached hydrogens (tertiary/aromatic N) is 2. The molecule has 0 aliphatic rings. The number of imidazole rings is 1. The molecule has 1 unspecified atom stereocenters. The average Bonchev–Trinajstić information content (AvgIpc) is 2.68. The zero-order chi connectivity index (χ0) is 13.3. The third-order valence-corrected chi connectivity index (χ3v) is 3.62. The van der Waals surface area contributed by atoms with E-state index in [1.165, 1.54) is 6.07 Å². The van der Waals surface area contributed by atoms with Gasteiger partial charge in [-0.15, -0.1) is 11.6 Å². The van der Waals surface area contributed by atoms with Crippen molar-refractivity contribution < 1.29 is 4.39 Å². The first-order valence-electron chi connectivity index (χ1n) is 6.27. The van der Waals surface area contributed by atoms with E-state index in [0.29, 0.717) is 23.7 Å². The van der Waals surface area contributed by atoms with Crippen molar-refractivity contribution in [1.82, 2.24) is 9.55 Å². The lowest BCUT2D eigenvalue weighted by Crippen LogP contribution is -2.14. The number of aromatic nitrogens is 2. The van der Waals surface area contributed by atoms with Crippen molar-refractivity contribution in [2.24, 2.45) is 5.92 Å². The van der Waals surface area contributed by atoms with Crippen LogP contribution in [-0.4, -0.2) is 15.4 Å². The molecule has 4 heteroatoms. The zero-order valence-electron chi connectivity index (χ0n) is 11.0. The molecule has 0 spiro atoms. The second kappa shape index (κ2) is 5.27. The fourth-order valence-corrected chi connectivity index (χ4v) is 2.31. The second-order valence-corrected chi connectivity index (χ2v) is 5.31. The van der Waals surface area contributed by atoms with Gasteiger partial charge in [-0.3, -0.25) is 0 Å². The molecule has 0 bridgehead atoms. The number of rotatable bonds is 4. The summed E-state index contributed by atoms with van der Waals surface area (Å²) in [6.45, 7) is 6.44. The molecule has 0 N–H and O–H groups in total. The summed E-state index contributed by atoms with van der Waals surface area (Å²) in [6, 6.07) is 5.37. The van der Waals surface area contributed by atoms with Crippen LogP contribution in [0.1, 0.15) is 32.6 Å². The lowest BCUT2D eigenvalue weighted by molar-refractivity contribution is 0.406. The van der Waals surface area contributed by atoms with Crippen molar-refractivity contribution in [1.29, 1.82) is 0 Å². The lowest BCUT2D eigenvalue weighted by atomic mass is 10.1. The zero-order valence-corrected chi connectivity index (χ0v) is 11.7. The Morgan fingerprint density at radius 2 is 2.06 bits per heavy atom. The summed E-state index contributed by atoms with van der Waals surface area (Å²) in [5.74, 6) is 1.56. The molecule has 0 aliphatic heterocycles. The third-order valence-electron chi connectivity index (χ3n) is 3.43. The quantitative estimate of drug-likeness (QED) is 0.761. The minimum absolute atomic E-state index is 0.266. The molecule has 0 fully saturated rings. The number of benzene rings is 1. The summed E-state index contributed by atoms with van der Waals surface area (Å²) in [4.78, 5) is 4.41. The smallest absolute Gasteiger partial charge is 0.151 e. The SMILES string of the molecule is CC(C)C(C)n1c(CCCl)nc2c(F)cccc21. The van der Waals surface area contributed by atoms with Crippen molar-refractivity contribution in [2.45, 2.75) is 33.2 Å². The molecule has 0 amide bonds. The Labute approximate surface area is 112 Å². The van der Waals surface area contributed by atoms with Crippen LogP contribution in [0.15, 0.2) is 18.2 Å². The predicted molar refractivity (Wildman–Crippen MR) is 73.7 cm³/mol. The number of halogens is 2. The maximum Gasteiger partial charge on any atom is 0.151 e. The van der Waals surface area contributed by atoms with Crippen LogP contribution in [0.4, 0.5) is 4.39 Å². The molecule has 2 aromatic rings. The van der Waals surface area contributed by atoms with Crippen molar-refractivity contribution >= 4 is 22.6 Å². The van der Waals surface area contributed by atoms with Gasteiger partial charge in [-0.05, 0) is 25.0 Å². The molecule has 0 saturated carbocycles. The highest BCUT2D eigenvalue weighted by Crippen LogP contribution is 2.27. The van der Waals surface area contributed by atoms with Gasteiger partial charge in [0.1, 0.15) is 11.3 Å². The highest BCUT2D eigenvalue weighted by Gasteiger charge is 2.19. The molecular formula is C14H18ClFN2. The van der Waals surface area contributed by atoms with Gasteiger partial charge in [0.05, 0.1) is 5.52 Å². The summed E-state index contributed by atoms with van der Waals surface area (Å²) in [7, 11) is 0. The van der Waals surface area contributed by atoms with Crippen molar-refractivity contribution in [3.8, 4) is 0 Å². The van der Waals surface area contributed by atoms with Crippen LogP contribution in [0.3, 0.4) is 0 Å². The Morgan fingerprint density at radius 1 is 1.33 bits per heavy atom. The average molecular weight is 269 g/mol. The topological polar surface area (TPSA) is 17.8 Å². The first-order chi connectivity index (χ1) is 8.56. The molecule has 2 rings (SSSR count). The molecule has 0 radical (unpaired) electrons. The van der Waals surface area contributed by atoms with Crippen LogP contribution >= 0.6 is 11.6 Å². The standard InChI is InChI=1S/C14H18ClFN2/c1-9(2)10(3)18-12-6-4-5-11(16)14(12)17-13(18)7-8-15/h4-6,9-10H,7-8H2,1-3H3. The highest BCUT2D eigenvalue weighted by atomic mass is 35.5. The lowest BCUT2D eigenvalue weighted by Gasteiger charge is -2.21. The monoisotopic (exact) mass is 268 g/mol. The van der Waals surface area contributed by atoms with E-state index in [1.807, 2.05) is 6.07 Å². The number of hydrogen-bond donors (Lipinski definition) is 0. The van der Waals surface area contributed by atoms with Crippen molar-refractivity contribution in [3.63, 3.8) is 0 Å². The summed E-state index contributed by atoms with van der Waals surface area (Å²) in [5.41, 5.74) is 1.31. The summed E-state index contributed by atoms with van der Waals surface area (Å²) in [5, 5.41) is 0. The number of aryl methyl sites for hydroxylation is 1. The Hall–Kier alpha value is -1.09. The molecule has 98 valence electrons. The molecule has 1 heterocycles. The van der Waals surface area contributed by atoms with E-state index in [2.05, 4.69) is 30.3 Å². The summed E-state index contributed by atoms with van der Waals surface area (Å²) >= 11 is 5.81. The molecule has 1 aromatic carbocycles. The minimum Gasteiger partial charge on any atom is -0.325 e. The number of para-hydroxylation sites is 1. The second-order valence-electron chi connectivity index (χ2n) is 4.93. The van der Waals surface area contributed by atoms with Gasteiger partial charge in [0.25, 0.3) is 0 Å². The Morgan fingerprint density at radius 3 is 2.67 bits per heavy atom. The minimum atomic E-state index is -0.266. The Balaban J connectivity index is 2.66. The summed E-state index contributed by atoms with van der Waals surface area (Å²) in [6.07, 6.45) is 0.659. The fraction of sp³-hybridized carbons (Fsp3) is 0.500. The van der Waals surface area contributed by atoms with E-state index in [9.17, 15) is 4.39 Å². The maximum absolute atomic E-state index is 13.8. The molecule has 0 aliphatic carbocycles. The van der Waals surface area contributed by atoms with Gasteiger partial charge in [-0.25, -0.2) is 9.37 Å². The van der Waals surface area contributed by atoms with Gasteiger partial charge in [-0.2, -0.15) is 0 Å². The van der Waals surface area contributed by atoms with Gasteiger partial charge >= 0.3 is 0 Å².